The number of hydrogen-bond acceptors (Lipinski definition) is 6. The Bertz CT molecular complexity index is 1620. The fourth-order valence-electron chi connectivity index (χ4n) is 4.88. The van der Waals surface area contributed by atoms with Crippen LogP contribution in [0.15, 0.2) is 83.9 Å². The molecule has 1 aromatic heterocycles. The summed E-state index contributed by atoms with van der Waals surface area (Å²) in [5.74, 6) is 0.346. The molecule has 0 saturated carbocycles. The van der Waals surface area contributed by atoms with E-state index in [-0.39, 0.29) is 17.2 Å². The average Bonchev–Trinajstić information content (AvgIpc) is 3.03. The summed E-state index contributed by atoms with van der Waals surface area (Å²) in [6.45, 7) is 0.835. The van der Waals surface area contributed by atoms with E-state index in [1.165, 1.54) is 9.87 Å². The molecule has 6 rings (SSSR count). The van der Waals surface area contributed by atoms with Gasteiger partial charge in [-0.1, -0.05) is 42.5 Å². The molecular formula is C28H25N5O3S. The first-order chi connectivity index (χ1) is 17.9. The van der Waals surface area contributed by atoms with Crippen molar-refractivity contribution in [2.45, 2.75) is 24.3 Å². The van der Waals surface area contributed by atoms with Gasteiger partial charge in [-0.15, -0.1) is 0 Å². The SMILES string of the molecule is CN1C(=O)Cc2cnc(Nc3ccc(S(=O)(=O)N4CCc5ccccc5C4)cc3)nc2-c2ccccc21. The molecule has 1 amide bonds. The average molecular weight is 512 g/mol. The first kappa shape index (κ1) is 23.3. The standard InChI is InChI=1S/C28H25N5O3S/c1-32-25-9-5-4-8-24(25)27-21(16-26(32)34)17-29-28(31-27)30-22-10-12-23(13-11-22)37(35,36)33-15-14-19-6-2-3-7-20(19)18-33/h2-13,17H,14-16,18H2,1H3,(H,29,30,31). The van der Waals surface area contributed by atoms with Crippen LogP contribution < -0.4 is 10.2 Å². The highest BCUT2D eigenvalue weighted by Crippen LogP contribution is 2.35. The van der Waals surface area contributed by atoms with Crippen molar-refractivity contribution in [3.63, 3.8) is 0 Å². The van der Waals surface area contributed by atoms with Crippen LogP contribution in [0.1, 0.15) is 16.7 Å². The van der Waals surface area contributed by atoms with Crippen LogP contribution in [0.2, 0.25) is 0 Å². The number of nitrogens with one attached hydrogen (secondary N) is 1. The number of likely N-dealkylation sites (N-methyl/N-ethyl adjacent to an activating group) is 1. The van der Waals surface area contributed by atoms with Gasteiger partial charge in [-0.3, -0.25) is 4.79 Å². The molecule has 3 heterocycles. The molecule has 8 nitrogen and oxygen atoms in total. The monoisotopic (exact) mass is 511 g/mol. The zero-order valence-electron chi connectivity index (χ0n) is 20.3. The van der Waals surface area contributed by atoms with Gasteiger partial charge in [0.1, 0.15) is 0 Å². The van der Waals surface area contributed by atoms with E-state index in [1.54, 1.807) is 42.4 Å². The lowest BCUT2D eigenvalue weighted by molar-refractivity contribution is -0.117. The van der Waals surface area contributed by atoms with Crippen LogP contribution in [0.3, 0.4) is 0 Å². The predicted octanol–water partition coefficient (Wildman–Crippen LogP) is 4.15. The van der Waals surface area contributed by atoms with E-state index in [0.717, 1.165) is 22.4 Å². The first-order valence-corrected chi connectivity index (χ1v) is 13.5. The molecule has 0 radical (unpaired) electrons. The highest BCUT2D eigenvalue weighted by atomic mass is 32.2. The van der Waals surface area contributed by atoms with E-state index in [0.29, 0.717) is 36.8 Å². The highest BCUT2D eigenvalue weighted by Gasteiger charge is 2.28. The number of sulfonamides is 1. The van der Waals surface area contributed by atoms with Crippen molar-refractivity contribution in [1.82, 2.24) is 14.3 Å². The van der Waals surface area contributed by atoms with Gasteiger partial charge in [0.2, 0.25) is 21.9 Å². The summed E-state index contributed by atoms with van der Waals surface area (Å²) in [7, 11) is -1.85. The smallest absolute Gasteiger partial charge is 0.243 e. The molecule has 0 spiro atoms. The van der Waals surface area contributed by atoms with Crippen molar-refractivity contribution in [3.05, 3.63) is 95.7 Å². The second-order valence-electron chi connectivity index (χ2n) is 9.22. The Morgan fingerprint density at radius 2 is 1.62 bits per heavy atom. The van der Waals surface area contributed by atoms with Crippen molar-refractivity contribution in [3.8, 4) is 11.3 Å². The molecule has 186 valence electrons. The Morgan fingerprint density at radius 1 is 0.892 bits per heavy atom. The summed E-state index contributed by atoms with van der Waals surface area (Å²) in [5.41, 5.74) is 6.04. The lowest BCUT2D eigenvalue weighted by Gasteiger charge is -2.28. The van der Waals surface area contributed by atoms with Crippen LogP contribution in [-0.4, -0.2) is 42.2 Å². The number of amides is 1. The molecular weight excluding hydrogens is 486 g/mol. The van der Waals surface area contributed by atoms with Crippen molar-refractivity contribution in [2.24, 2.45) is 0 Å². The summed E-state index contributed by atoms with van der Waals surface area (Å²) in [5, 5.41) is 3.17. The largest absolute Gasteiger partial charge is 0.324 e. The Kier molecular flexibility index (Phi) is 5.73. The van der Waals surface area contributed by atoms with Gasteiger partial charge >= 0.3 is 0 Å². The zero-order valence-corrected chi connectivity index (χ0v) is 21.1. The van der Waals surface area contributed by atoms with Gasteiger partial charge < -0.3 is 10.2 Å². The fraction of sp³-hybridized carbons (Fsp3) is 0.179. The number of hydrogen-bond donors (Lipinski definition) is 1. The number of aromatic nitrogens is 2. The number of para-hydroxylation sites is 1. The van der Waals surface area contributed by atoms with Crippen molar-refractivity contribution >= 4 is 33.3 Å². The summed E-state index contributed by atoms with van der Waals surface area (Å²) in [4.78, 5) is 23.6. The molecule has 2 aliphatic heterocycles. The molecule has 2 aliphatic rings. The minimum absolute atomic E-state index is 0.0236. The summed E-state index contributed by atoms with van der Waals surface area (Å²) in [6, 6.07) is 22.2. The van der Waals surface area contributed by atoms with Crippen molar-refractivity contribution in [1.29, 1.82) is 0 Å². The Balaban J connectivity index is 1.24. The molecule has 37 heavy (non-hydrogen) atoms. The Hall–Kier alpha value is -4.08. The van der Waals surface area contributed by atoms with E-state index in [1.807, 2.05) is 42.5 Å². The maximum Gasteiger partial charge on any atom is 0.243 e. The molecule has 1 N–H and O–H groups in total. The summed E-state index contributed by atoms with van der Waals surface area (Å²) < 4.78 is 28.1. The molecule has 0 fully saturated rings. The third-order valence-electron chi connectivity index (χ3n) is 6.94. The molecule has 3 aromatic carbocycles. The quantitative estimate of drug-likeness (QED) is 0.442. The molecule has 0 aliphatic carbocycles. The van der Waals surface area contributed by atoms with Gasteiger partial charge in [-0.25, -0.2) is 18.4 Å². The zero-order chi connectivity index (χ0) is 25.6. The number of fused-ring (bicyclic) bond motifs is 4. The third-order valence-corrected chi connectivity index (χ3v) is 8.80. The number of anilines is 3. The predicted molar refractivity (Wildman–Crippen MR) is 142 cm³/mol. The van der Waals surface area contributed by atoms with Gasteiger partial charge in [0.05, 0.1) is 22.7 Å². The van der Waals surface area contributed by atoms with Crippen LogP contribution in [0.4, 0.5) is 17.3 Å². The first-order valence-electron chi connectivity index (χ1n) is 12.1. The van der Waals surface area contributed by atoms with Crippen LogP contribution in [0.5, 0.6) is 0 Å². The van der Waals surface area contributed by atoms with E-state index in [2.05, 4.69) is 16.4 Å². The number of carbonyl (C=O) groups excluding carboxylic acids is 1. The van der Waals surface area contributed by atoms with E-state index >= 15 is 0 Å². The molecule has 0 saturated heterocycles. The number of rotatable bonds is 4. The van der Waals surface area contributed by atoms with Gasteiger partial charge in [-0.05, 0) is 47.9 Å². The van der Waals surface area contributed by atoms with Gasteiger partial charge in [-0.2, -0.15) is 4.31 Å². The summed E-state index contributed by atoms with van der Waals surface area (Å²) in [6.07, 6.45) is 2.59. The molecule has 9 heteroatoms. The second-order valence-corrected chi connectivity index (χ2v) is 11.2. The molecule has 0 bridgehead atoms. The highest BCUT2D eigenvalue weighted by molar-refractivity contribution is 7.89. The minimum atomic E-state index is -3.62. The minimum Gasteiger partial charge on any atom is -0.324 e. The van der Waals surface area contributed by atoms with Crippen LogP contribution in [-0.2, 0) is 34.2 Å². The van der Waals surface area contributed by atoms with Crippen LogP contribution in [0.25, 0.3) is 11.3 Å². The molecule has 0 atom stereocenters. The normalized spacial score (nSPS) is 15.4. The van der Waals surface area contributed by atoms with Crippen LogP contribution in [0, 0.1) is 0 Å². The van der Waals surface area contributed by atoms with Gasteiger partial charge in [0, 0.05) is 43.1 Å². The van der Waals surface area contributed by atoms with E-state index in [4.69, 9.17) is 4.98 Å². The number of carbonyl (C=O) groups is 1. The number of benzene rings is 3. The van der Waals surface area contributed by atoms with E-state index < -0.39 is 10.0 Å². The van der Waals surface area contributed by atoms with E-state index in [9.17, 15) is 13.2 Å². The summed E-state index contributed by atoms with van der Waals surface area (Å²) >= 11 is 0. The van der Waals surface area contributed by atoms with Crippen LogP contribution >= 0.6 is 0 Å². The maximum absolute atomic E-state index is 13.3. The third kappa shape index (κ3) is 4.26. The lowest BCUT2D eigenvalue weighted by atomic mass is 10.0. The maximum atomic E-state index is 13.3. The fourth-order valence-corrected chi connectivity index (χ4v) is 6.29. The molecule has 0 unspecified atom stereocenters. The Labute approximate surface area is 215 Å². The lowest BCUT2D eigenvalue weighted by Crippen LogP contribution is -2.35. The van der Waals surface area contributed by atoms with Gasteiger partial charge in [0.25, 0.3) is 0 Å². The van der Waals surface area contributed by atoms with Gasteiger partial charge in [0.15, 0.2) is 0 Å². The second kappa shape index (κ2) is 9.10. The Morgan fingerprint density at radius 3 is 2.43 bits per heavy atom. The van der Waals surface area contributed by atoms with Crippen molar-refractivity contribution < 1.29 is 13.2 Å². The molecule has 4 aromatic rings. The topological polar surface area (TPSA) is 95.5 Å². The number of nitrogens with zero attached hydrogens (tertiary/aromatic N) is 4. The van der Waals surface area contributed by atoms with Crippen molar-refractivity contribution in [2.75, 3.05) is 23.8 Å².